The predicted molar refractivity (Wildman–Crippen MR) is 80.3 cm³/mol. The molecule has 1 aromatic carbocycles. The minimum atomic E-state index is -0.315. The second kappa shape index (κ2) is 5.80. The lowest BCUT2D eigenvalue weighted by Gasteiger charge is -2.06. The molecule has 7 heteroatoms. The normalized spacial score (nSPS) is 10.5. The molecule has 2 amide bonds. The molecule has 2 aromatic heterocycles. The maximum absolute atomic E-state index is 11.8. The van der Waals surface area contributed by atoms with Crippen molar-refractivity contribution in [3.8, 4) is 0 Å². The highest BCUT2D eigenvalue weighted by atomic mass is 35.5. The Hall–Kier alpha value is -2.60. The molecular weight excluding hydrogens is 290 g/mol. The van der Waals surface area contributed by atoms with Crippen molar-refractivity contribution in [1.82, 2.24) is 19.9 Å². The van der Waals surface area contributed by atoms with Crippen molar-refractivity contribution >= 4 is 29.0 Å². The third-order valence-corrected chi connectivity index (χ3v) is 3.15. The van der Waals surface area contributed by atoms with Gasteiger partial charge in [0.2, 0.25) is 0 Å². The van der Waals surface area contributed by atoms with E-state index < -0.39 is 0 Å². The van der Waals surface area contributed by atoms with Crippen molar-refractivity contribution in [1.29, 1.82) is 0 Å². The van der Waals surface area contributed by atoms with Crippen molar-refractivity contribution in [2.45, 2.75) is 6.54 Å². The summed E-state index contributed by atoms with van der Waals surface area (Å²) in [4.78, 5) is 11.8. The molecule has 0 radical (unpaired) electrons. The molecule has 0 aliphatic heterocycles. The van der Waals surface area contributed by atoms with Gasteiger partial charge in [-0.05, 0) is 36.4 Å². The van der Waals surface area contributed by atoms with Gasteiger partial charge in [0.1, 0.15) is 0 Å². The third-order valence-electron chi connectivity index (χ3n) is 2.89. The lowest BCUT2D eigenvalue weighted by Crippen LogP contribution is -2.28. The molecule has 0 unspecified atom stereocenters. The van der Waals surface area contributed by atoms with Crippen molar-refractivity contribution in [3.05, 3.63) is 59.5 Å². The molecule has 0 saturated heterocycles. The van der Waals surface area contributed by atoms with E-state index in [1.165, 1.54) is 0 Å². The molecule has 2 N–H and O–H groups in total. The Bertz CT molecular complexity index is 768. The largest absolute Gasteiger partial charge is 0.331 e. The zero-order valence-electron chi connectivity index (χ0n) is 11.0. The van der Waals surface area contributed by atoms with Crippen LogP contribution in [-0.4, -0.2) is 20.6 Å². The summed E-state index contributed by atoms with van der Waals surface area (Å²) >= 11 is 5.79. The third kappa shape index (κ3) is 3.11. The lowest BCUT2D eigenvalue weighted by atomic mass is 10.3. The summed E-state index contributed by atoms with van der Waals surface area (Å²) in [5.74, 6) is 0.664. The fraction of sp³-hybridized carbons (Fsp3) is 0.0714. The Morgan fingerprint density at radius 3 is 2.76 bits per heavy atom. The first-order valence-corrected chi connectivity index (χ1v) is 6.69. The van der Waals surface area contributed by atoms with E-state index in [0.717, 1.165) is 5.65 Å². The number of nitrogens with zero attached hydrogens (tertiary/aromatic N) is 3. The van der Waals surface area contributed by atoms with E-state index in [-0.39, 0.29) is 12.6 Å². The highest BCUT2D eigenvalue weighted by Crippen LogP contribution is 2.13. The van der Waals surface area contributed by atoms with E-state index in [0.29, 0.717) is 16.5 Å². The monoisotopic (exact) mass is 301 g/mol. The van der Waals surface area contributed by atoms with Crippen molar-refractivity contribution in [2.24, 2.45) is 0 Å². The predicted octanol–water partition coefficient (Wildman–Crippen LogP) is 2.70. The van der Waals surface area contributed by atoms with Gasteiger partial charge in [0.15, 0.2) is 11.5 Å². The molecule has 21 heavy (non-hydrogen) atoms. The van der Waals surface area contributed by atoms with Crippen molar-refractivity contribution in [3.63, 3.8) is 0 Å². The number of amides is 2. The first-order valence-electron chi connectivity index (χ1n) is 6.31. The quantitative estimate of drug-likeness (QED) is 0.781. The molecule has 0 aliphatic rings. The Kier molecular flexibility index (Phi) is 3.70. The molecule has 0 fully saturated rings. The minimum absolute atomic E-state index is 0.282. The Morgan fingerprint density at radius 1 is 1.14 bits per heavy atom. The zero-order chi connectivity index (χ0) is 14.7. The molecule has 0 atom stereocenters. The molecule has 0 bridgehead atoms. The second-order valence-corrected chi connectivity index (χ2v) is 4.80. The van der Waals surface area contributed by atoms with Crippen molar-refractivity contribution in [2.75, 3.05) is 5.32 Å². The van der Waals surface area contributed by atoms with E-state index in [1.54, 1.807) is 24.3 Å². The van der Waals surface area contributed by atoms with Gasteiger partial charge in [0.25, 0.3) is 0 Å². The van der Waals surface area contributed by atoms with Crippen LogP contribution >= 0.6 is 11.6 Å². The summed E-state index contributed by atoms with van der Waals surface area (Å²) in [5, 5.41) is 14.1. The number of benzene rings is 1. The van der Waals surface area contributed by atoms with Crippen LogP contribution in [0.25, 0.3) is 5.65 Å². The highest BCUT2D eigenvalue weighted by Gasteiger charge is 2.06. The number of hydrogen-bond donors (Lipinski definition) is 2. The van der Waals surface area contributed by atoms with E-state index in [1.807, 2.05) is 28.8 Å². The van der Waals surface area contributed by atoms with Gasteiger partial charge in [0, 0.05) is 16.9 Å². The average molecular weight is 302 g/mol. The number of pyridine rings is 1. The summed E-state index contributed by atoms with van der Waals surface area (Å²) in [5.41, 5.74) is 1.41. The number of hydrogen-bond acceptors (Lipinski definition) is 3. The average Bonchev–Trinajstić information content (AvgIpc) is 2.91. The molecule has 106 valence electrons. The van der Waals surface area contributed by atoms with E-state index >= 15 is 0 Å². The molecule has 0 spiro atoms. The van der Waals surface area contributed by atoms with Crippen LogP contribution in [0.4, 0.5) is 10.5 Å². The summed E-state index contributed by atoms with van der Waals surface area (Å²) in [7, 11) is 0. The highest BCUT2D eigenvalue weighted by molar-refractivity contribution is 6.30. The van der Waals surface area contributed by atoms with Crippen LogP contribution < -0.4 is 10.6 Å². The fourth-order valence-corrected chi connectivity index (χ4v) is 2.01. The number of nitrogens with one attached hydrogen (secondary N) is 2. The molecule has 0 saturated carbocycles. The molecule has 3 aromatic rings. The second-order valence-electron chi connectivity index (χ2n) is 4.36. The Labute approximate surface area is 125 Å². The Morgan fingerprint density at radius 2 is 1.95 bits per heavy atom. The number of carbonyl (C=O) groups is 1. The van der Waals surface area contributed by atoms with Gasteiger partial charge in [0.05, 0.1) is 6.54 Å². The number of aromatic nitrogens is 3. The van der Waals surface area contributed by atoms with Crippen LogP contribution in [0, 0.1) is 0 Å². The summed E-state index contributed by atoms with van der Waals surface area (Å²) in [6, 6.07) is 12.2. The fourth-order valence-electron chi connectivity index (χ4n) is 1.88. The van der Waals surface area contributed by atoms with Gasteiger partial charge in [-0.2, -0.15) is 0 Å². The van der Waals surface area contributed by atoms with Crippen LogP contribution in [0.3, 0.4) is 0 Å². The van der Waals surface area contributed by atoms with Crippen LogP contribution in [-0.2, 0) is 6.54 Å². The minimum Gasteiger partial charge on any atom is -0.331 e. The molecule has 0 aliphatic carbocycles. The summed E-state index contributed by atoms with van der Waals surface area (Å²) in [6.45, 7) is 0.282. The topological polar surface area (TPSA) is 71.3 Å². The number of urea groups is 1. The molecule has 2 heterocycles. The van der Waals surface area contributed by atoms with Gasteiger partial charge < -0.3 is 10.6 Å². The standard InChI is InChI=1S/C14H12ClN5O/c15-10-4-6-11(7-5-10)17-14(21)16-9-13-19-18-12-3-1-2-8-20(12)13/h1-8H,9H2,(H2,16,17,21). The summed E-state index contributed by atoms with van der Waals surface area (Å²) < 4.78 is 1.82. The zero-order valence-corrected chi connectivity index (χ0v) is 11.7. The molecular formula is C14H12ClN5O. The maximum Gasteiger partial charge on any atom is 0.319 e. The Balaban J connectivity index is 1.62. The van der Waals surface area contributed by atoms with Gasteiger partial charge in [-0.1, -0.05) is 17.7 Å². The molecule has 6 nitrogen and oxygen atoms in total. The van der Waals surface area contributed by atoms with Crippen molar-refractivity contribution < 1.29 is 4.79 Å². The first kappa shape index (κ1) is 13.4. The van der Waals surface area contributed by atoms with Crippen LogP contribution in [0.15, 0.2) is 48.7 Å². The molecule has 3 rings (SSSR count). The van der Waals surface area contributed by atoms with Gasteiger partial charge in [-0.3, -0.25) is 4.40 Å². The van der Waals surface area contributed by atoms with E-state index in [4.69, 9.17) is 11.6 Å². The van der Waals surface area contributed by atoms with Crippen LogP contribution in [0.5, 0.6) is 0 Å². The number of fused-ring (bicyclic) bond motifs is 1. The number of anilines is 1. The summed E-state index contributed by atoms with van der Waals surface area (Å²) in [6.07, 6.45) is 1.85. The number of halogens is 1. The van der Waals surface area contributed by atoms with E-state index in [2.05, 4.69) is 20.8 Å². The van der Waals surface area contributed by atoms with Gasteiger partial charge in [-0.25, -0.2) is 4.79 Å². The number of rotatable bonds is 3. The SMILES string of the molecule is O=C(NCc1nnc2ccccn12)Nc1ccc(Cl)cc1. The first-order chi connectivity index (χ1) is 10.2. The number of carbonyl (C=O) groups excluding carboxylic acids is 1. The smallest absolute Gasteiger partial charge is 0.319 e. The van der Waals surface area contributed by atoms with Crippen LogP contribution in [0.2, 0.25) is 5.02 Å². The van der Waals surface area contributed by atoms with Gasteiger partial charge in [-0.15, -0.1) is 10.2 Å². The van der Waals surface area contributed by atoms with Crippen LogP contribution in [0.1, 0.15) is 5.82 Å². The van der Waals surface area contributed by atoms with Gasteiger partial charge >= 0.3 is 6.03 Å². The van der Waals surface area contributed by atoms with E-state index in [9.17, 15) is 4.79 Å². The maximum atomic E-state index is 11.8. The lowest BCUT2D eigenvalue weighted by molar-refractivity contribution is 0.251.